The second-order valence-electron chi connectivity index (χ2n) is 5.66. The molecule has 0 bridgehead atoms. The van der Waals surface area contributed by atoms with Crippen LogP contribution in [-0.4, -0.2) is 66.2 Å². The minimum atomic E-state index is -1.16. The minimum Gasteiger partial charge on any atom is -0.497 e. The second kappa shape index (κ2) is 8.24. The van der Waals surface area contributed by atoms with E-state index in [1.807, 2.05) is 24.3 Å². The van der Waals surface area contributed by atoms with Gasteiger partial charge in [-0.25, -0.2) is 4.39 Å². The molecule has 1 saturated heterocycles. The normalized spacial score (nSPS) is 22.9. The zero-order valence-corrected chi connectivity index (χ0v) is 13.0. The number of aliphatic hydroxyl groups excluding tert-OH is 1. The summed E-state index contributed by atoms with van der Waals surface area (Å²) in [6, 6.07) is 6.48. The van der Waals surface area contributed by atoms with Gasteiger partial charge in [0, 0.05) is 19.5 Å². The van der Waals surface area contributed by atoms with Gasteiger partial charge in [0.1, 0.15) is 18.0 Å². The van der Waals surface area contributed by atoms with Crippen molar-refractivity contribution in [2.45, 2.75) is 31.3 Å². The zero-order valence-electron chi connectivity index (χ0n) is 13.0. The van der Waals surface area contributed by atoms with Gasteiger partial charge in [-0.15, -0.1) is 0 Å². The minimum absolute atomic E-state index is 0.0330. The first-order chi connectivity index (χ1) is 11.0. The van der Waals surface area contributed by atoms with Crippen molar-refractivity contribution in [2.75, 3.05) is 26.8 Å². The van der Waals surface area contributed by atoms with Gasteiger partial charge < -0.3 is 19.7 Å². The first kappa shape index (κ1) is 17.7. The van der Waals surface area contributed by atoms with E-state index in [9.17, 15) is 14.3 Å². The summed E-state index contributed by atoms with van der Waals surface area (Å²) in [5, 5.41) is 19.0. The van der Waals surface area contributed by atoms with Crippen LogP contribution in [-0.2, 0) is 16.1 Å². The number of carboxylic acids is 1. The van der Waals surface area contributed by atoms with E-state index >= 15 is 0 Å². The Bertz CT molecular complexity index is 510. The standard InChI is InChI=1S/C16H22FNO5/c1-22-14-4-2-11(3-5-14)9-23-10-13(19)8-18-7-12(17)6-15(18)16(20)21/h2-5,12-13,15,19H,6-10H2,1H3,(H,20,21)/t12-,13?,15-/m0/s1. The molecule has 2 rings (SSSR count). The highest BCUT2D eigenvalue weighted by Crippen LogP contribution is 2.21. The maximum absolute atomic E-state index is 13.3. The summed E-state index contributed by atoms with van der Waals surface area (Å²) < 4.78 is 23.8. The third-order valence-corrected chi connectivity index (χ3v) is 3.82. The lowest BCUT2D eigenvalue weighted by atomic mass is 10.2. The van der Waals surface area contributed by atoms with Crippen LogP contribution < -0.4 is 4.74 Å². The zero-order chi connectivity index (χ0) is 16.8. The number of hydrogen-bond donors (Lipinski definition) is 2. The van der Waals surface area contributed by atoms with Crippen molar-refractivity contribution in [1.82, 2.24) is 4.90 Å². The molecule has 0 spiro atoms. The predicted molar refractivity (Wildman–Crippen MR) is 81.2 cm³/mol. The average Bonchev–Trinajstić information content (AvgIpc) is 2.88. The molecule has 1 heterocycles. The van der Waals surface area contributed by atoms with Gasteiger partial charge in [-0.05, 0) is 17.7 Å². The lowest BCUT2D eigenvalue weighted by Gasteiger charge is -2.23. The number of ether oxygens (including phenoxy) is 2. The first-order valence-corrected chi connectivity index (χ1v) is 7.49. The second-order valence-corrected chi connectivity index (χ2v) is 5.66. The summed E-state index contributed by atoms with van der Waals surface area (Å²) in [5.41, 5.74) is 0.936. The molecule has 0 aromatic heterocycles. The quantitative estimate of drug-likeness (QED) is 0.743. The fraction of sp³-hybridized carbons (Fsp3) is 0.562. The molecule has 128 valence electrons. The van der Waals surface area contributed by atoms with Crippen LogP contribution in [0.25, 0.3) is 0 Å². The van der Waals surface area contributed by atoms with Crippen LogP contribution in [0.15, 0.2) is 24.3 Å². The molecule has 1 unspecified atom stereocenters. The van der Waals surface area contributed by atoms with Crippen molar-refractivity contribution in [3.8, 4) is 5.75 Å². The molecule has 1 aliphatic rings. The van der Waals surface area contributed by atoms with E-state index in [1.54, 1.807) is 7.11 Å². The summed E-state index contributed by atoms with van der Waals surface area (Å²) in [6.45, 7) is 0.507. The number of carboxylic acid groups (broad SMARTS) is 1. The summed E-state index contributed by atoms with van der Waals surface area (Å²) in [7, 11) is 1.59. The highest BCUT2D eigenvalue weighted by Gasteiger charge is 2.37. The first-order valence-electron chi connectivity index (χ1n) is 7.49. The molecule has 3 atom stereocenters. The Labute approximate surface area is 134 Å². The van der Waals surface area contributed by atoms with E-state index in [2.05, 4.69) is 0 Å². The third kappa shape index (κ3) is 5.16. The van der Waals surface area contributed by atoms with Crippen molar-refractivity contribution in [3.63, 3.8) is 0 Å². The van der Waals surface area contributed by atoms with Crippen molar-refractivity contribution in [2.24, 2.45) is 0 Å². The molecule has 1 aliphatic heterocycles. The van der Waals surface area contributed by atoms with E-state index in [0.29, 0.717) is 6.61 Å². The number of methoxy groups -OCH3 is 1. The summed E-state index contributed by atoms with van der Waals surface area (Å²) in [5.74, 6) is -0.306. The highest BCUT2D eigenvalue weighted by molar-refractivity contribution is 5.74. The van der Waals surface area contributed by atoms with Gasteiger partial charge in [-0.1, -0.05) is 12.1 Å². The number of aliphatic carboxylic acids is 1. The number of benzene rings is 1. The number of likely N-dealkylation sites (tertiary alicyclic amines) is 1. The molecule has 1 aromatic carbocycles. The number of β-amino-alcohol motifs (C(OH)–C–C–N with tert-alkyl or cyclic N) is 1. The molecule has 0 saturated carbocycles. The lowest BCUT2D eigenvalue weighted by molar-refractivity contribution is -0.142. The molecule has 2 N–H and O–H groups in total. The van der Waals surface area contributed by atoms with Gasteiger partial charge in [0.05, 0.1) is 26.4 Å². The van der Waals surface area contributed by atoms with Crippen LogP contribution in [0.4, 0.5) is 4.39 Å². The maximum atomic E-state index is 13.3. The molecule has 1 fully saturated rings. The van der Waals surface area contributed by atoms with Gasteiger partial charge in [0.2, 0.25) is 0 Å². The molecule has 7 heteroatoms. The monoisotopic (exact) mass is 327 g/mol. The highest BCUT2D eigenvalue weighted by atomic mass is 19.1. The average molecular weight is 327 g/mol. The molecule has 0 amide bonds. The van der Waals surface area contributed by atoms with Crippen LogP contribution in [0.5, 0.6) is 5.75 Å². The molecular weight excluding hydrogens is 305 g/mol. The number of rotatable bonds is 8. The van der Waals surface area contributed by atoms with Crippen molar-refractivity contribution >= 4 is 5.97 Å². The van der Waals surface area contributed by atoms with E-state index in [0.717, 1.165) is 11.3 Å². The number of alkyl halides is 1. The molecule has 1 aromatic rings. The summed E-state index contributed by atoms with van der Waals surface area (Å²) in [6.07, 6.45) is -2.06. The number of carbonyl (C=O) groups is 1. The van der Waals surface area contributed by atoms with Gasteiger partial charge in [-0.2, -0.15) is 0 Å². The molecule has 6 nitrogen and oxygen atoms in total. The Morgan fingerprint density at radius 2 is 2.13 bits per heavy atom. The fourth-order valence-corrected chi connectivity index (χ4v) is 2.66. The molecule has 0 radical (unpaired) electrons. The van der Waals surface area contributed by atoms with Crippen LogP contribution in [0.1, 0.15) is 12.0 Å². The topological polar surface area (TPSA) is 79.2 Å². The Hall–Kier alpha value is -1.70. The van der Waals surface area contributed by atoms with Crippen molar-refractivity contribution in [3.05, 3.63) is 29.8 Å². The fourth-order valence-electron chi connectivity index (χ4n) is 2.66. The maximum Gasteiger partial charge on any atom is 0.321 e. The number of hydrogen-bond acceptors (Lipinski definition) is 5. The van der Waals surface area contributed by atoms with Gasteiger partial charge in [0.15, 0.2) is 0 Å². The Morgan fingerprint density at radius 1 is 1.43 bits per heavy atom. The van der Waals surface area contributed by atoms with Gasteiger partial charge >= 0.3 is 5.97 Å². The van der Waals surface area contributed by atoms with E-state index in [-0.39, 0.29) is 26.1 Å². The SMILES string of the molecule is COc1ccc(COCC(O)CN2C[C@@H](F)C[C@H]2C(=O)O)cc1. The van der Waals surface area contributed by atoms with Crippen molar-refractivity contribution < 1.29 is 28.9 Å². The Balaban J connectivity index is 1.74. The van der Waals surface area contributed by atoms with Gasteiger partial charge in [-0.3, -0.25) is 9.69 Å². The third-order valence-electron chi connectivity index (χ3n) is 3.82. The van der Waals surface area contributed by atoms with Crippen LogP contribution in [0.3, 0.4) is 0 Å². The molecule has 23 heavy (non-hydrogen) atoms. The van der Waals surface area contributed by atoms with E-state index < -0.39 is 24.3 Å². The number of nitrogens with zero attached hydrogens (tertiary/aromatic N) is 1. The summed E-state index contributed by atoms with van der Waals surface area (Å²) in [4.78, 5) is 12.5. The smallest absolute Gasteiger partial charge is 0.321 e. The van der Waals surface area contributed by atoms with Crippen LogP contribution in [0.2, 0.25) is 0 Å². The Kier molecular flexibility index (Phi) is 6.32. The molecule has 0 aliphatic carbocycles. The predicted octanol–water partition coefficient (Wildman–Crippen LogP) is 1.07. The lowest BCUT2D eigenvalue weighted by Crippen LogP contribution is -2.42. The van der Waals surface area contributed by atoms with Crippen LogP contribution >= 0.6 is 0 Å². The largest absolute Gasteiger partial charge is 0.497 e. The Morgan fingerprint density at radius 3 is 2.74 bits per heavy atom. The van der Waals surface area contributed by atoms with Gasteiger partial charge in [0.25, 0.3) is 0 Å². The van der Waals surface area contributed by atoms with E-state index in [1.165, 1.54) is 4.90 Å². The number of aliphatic hydroxyl groups is 1. The van der Waals surface area contributed by atoms with Crippen molar-refractivity contribution in [1.29, 1.82) is 0 Å². The summed E-state index contributed by atoms with van der Waals surface area (Å²) >= 11 is 0. The molecular formula is C16H22FNO5. The van der Waals surface area contributed by atoms with E-state index in [4.69, 9.17) is 14.6 Å². The number of halogens is 1. The van der Waals surface area contributed by atoms with Crippen LogP contribution in [0, 0.1) is 0 Å².